The van der Waals surface area contributed by atoms with E-state index in [1.165, 1.54) is 5.57 Å². The first-order chi connectivity index (χ1) is 26.3. The highest BCUT2D eigenvalue weighted by atomic mass is 16.7. The van der Waals surface area contributed by atoms with Crippen LogP contribution in [0.25, 0.3) is 0 Å². The van der Waals surface area contributed by atoms with Gasteiger partial charge in [-0.1, -0.05) is 53.2 Å². The average Bonchev–Trinajstić information content (AvgIpc) is 3.17. The Kier molecular flexibility index (Phi) is 11.5. The number of esters is 1. The van der Waals surface area contributed by atoms with Gasteiger partial charge in [0.1, 0.15) is 48.8 Å². The van der Waals surface area contributed by atoms with E-state index in [4.69, 9.17) is 18.9 Å². The molecule has 9 N–H and O–H groups in total. The summed E-state index contributed by atoms with van der Waals surface area (Å²) >= 11 is 0. The van der Waals surface area contributed by atoms with Crippen LogP contribution in [0.5, 0.6) is 0 Å². The molecule has 4 saturated carbocycles. The first-order valence-corrected chi connectivity index (χ1v) is 21.1. The summed E-state index contributed by atoms with van der Waals surface area (Å²) < 4.78 is 23.8. The van der Waals surface area contributed by atoms with Gasteiger partial charge in [-0.3, -0.25) is 4.79 Å². The van der Waals surface area contributed by atoms with Crippen LogP contribution in [0.15, 0.2) is 11.6 Å². The summed E-state index contributed by atoms with van der Waals surface area (Å²) in [6.07, 6.45) is -6.05. The third-order valence-corrected chi connectivity index (χ3v) is 17.7. The van der Waals surface area contributed by atoms with Crippen LogP contribution in [0.3, 0.4) is 0 Å². The number of ether oxygens (including phenoxy) is 4. The fraction of sp³-hybridized carbons (Fsp3) is 0.929. The molecule has 14 heteroatoms. The smallest absolute Gasteiger partial charge is 0.315 e. The Bertz CT molecular complexity index is 1490. The van der Waals surface area contributed by atoms with E-state index in [0.29, 0.717) is 25.2 Å². The number of aliphatic hydroxyl groups excluding tert-OH is 9. The zero-order valence-electron chi connectivity index (χ0n) is 33.9. The van der Waals surface area contributed by atoms with Gasteiger partial charge < -0.3 is 64.9 Å². The van der Waals surface area contributed by atoms with Gasteiger partial charge in [0, 0.05) is 5.41 Å². The lowest BCUT2D eigenvalue weighted by Crippen LogP contribution is -2.67. The zero-order valence-corrected chi connectivity index (χ0v) is 33.9. The van der Waals surface area contributed by atoms with Crippen molar-refractivity contribution in [1.82, 2.24) is 0 Å². The molecule has 0 aromatic rings. The van der Waals surface area contributed by atoms with Crippen molar-refractivity contribution in [2.45, 2.75) is 167 Å². The second-order valence-electron chi connectivity index (χ2n) is 19.9. The van der Waals surface area contributed by atoms with Crippen molar-refractivity contribution in [2.24, 2.45) is 56.7 Å². The standard InChI is InChI=1S/C42H68O14/c1-20-9-14-42(37(52)56-36-34(51)32(49)30(47)24(18-44)54-36)16-15-40(5)22(28(42)21(20)2)7-8-26-38(3)12-11-27(39(4,19-45)25(38)10-13-41(26,40)6)55-35-33(50)31(48)29(46)23(17-43)53-35/h7,20-21,23-36,43-51H,8-19H2,1-6H3/t20-,21+,23-,24-,25?,26?,27+,28?,29-,30-,31+,32+,33-,34-,35+,36+,38+,39+,40-,41-,42+/m1/s1. The SMILES string of the molecule is C[C@@H]1CC[C@]2(C(=O)O[C@@H]3O[C@H](CO)[C@@H](O)[C@H](O)[C@H]3O)CC[C@]3(C)C(=CCC4[C@@]5(C)CC[C@H](O[C@@H]6O[C@H](CO)[C@@H](O)[C@H](O)[C@H]6O)[C@@](C)(CO)C5CC[C@]43C)C2[C@H]1C. The van der Waals surface area contributed by atoms with Crippen molar-refractivity contribution >= 4 is 5.97 Å². The molecule has 0 amide bonds. The Hall–Kier alpha value is -1.27. The minimum Gasteiger partial charge on any atom is -0.432 e. The maximum atomic E-state index is 14.6. The maximum absolute atomic E-state index is 14.6. The zero-order chi connectivity index (χ0) is 40.9. The fourth-order valence-electron chi connectivity index (χ4n) is 13.8. The fourth-order valence-corrected chi connectivity index (χ4v) is 13.8. The average molecular weight is 797 g/mol. The summed E-state index contributed by atoms with van der Waals surface area (Å²) in [6, 6.07) is 0. The highest BCUT2D eigenvalue weighted by molar-refractivity contribution is 5.79. The minimum absolute atomic E-state index is 0.0464. The van der Waals surface area contributed by atoms with Gasteiger partial charge in [0.15, 0.2) is 6.29 Å². The number of allylic oxidation sites excluding steroid dienone is 2. The monoisotopic (exact) mass is 796 g/mol. The van der Waals surface area contributed by atoms with Crippen molar-refractivity contribution in [3.8, 4) is 0 Å². The molecule has 2 aliphatic heterocycles. The predicted octanol–water partition coefficient (Wildman–Crippen LogP) is 1.14. The van der Waals surface area contributed by atoms with Gasteiger partial charge in [-0.15, -0.1) is 0 Å². The minimum atomic E-state index is -1.67. The molecule has 3 unspecified atom stereocenters. The van der Waals surface area contributed by atoms with E-state index in [2.05, 4.69) is 40.7 Å². The molecule has 5 aliphatic carbocycles. The van der Waals surface area contributed by atoms with E-state index in [9.17, 15) is 50.8 Å². The Balaban J connectivity index is 1.18. The molecule has 6 fully saturated rings. The number of hydrogen-bond donors (Lipinski definition) is 9. The van der Waals surface area contributed by atoms with E-state index < -0.39 is 97.5 Å². The molecular formula is C42H68O14. The number of rotatable bonds is 7. The largest absolute Gasteiger partial charge is 0.432 e. The van der Waals surface area contributed by atoms with Gasteiger partial charge in [-0.2, -0.15) is 0 Å². The van der Waals surface area contributed by atoms with Crippen LogP contribution >= 0.6 is 0 Å². The predicted molar refractivity (Wildman–Crippen MR) is 199 cm³/mol. The van der Waals surface area contributed by atoms with E-state index >= 15 is 0 Å². The molecule has 0 radical (unpaired) electrons. The summed E-state index contributed by atoms with van der Waals surface area (Å²) in [6.45, 7) is 12.3. The van der Waals surface area contributed by atoms with Crippen LogP contribution < -0.4 is 0 Å². The molecule has 21 atom stereocenters. The second-order valence-corrected chi connectivity index (χ2v) is 19.9. The lowest BCUT2D eigenvalue weighted by atomic mass is 9.33. The molecule has 320 valence electrons. The van der Waals surface area contributed by atoms with E-state index in [1.54, 1.807) is 0 Å². The van der Waals surface area contributed by atoms with Crippen molar-refractivity contribution in [3.63, 3.8) is 0 Å². The molecule has 2 saturated heterocycles. The van der Waals surface area contributed by atoms with Crippen molar-refractivity contribution < 1.29 is 69.7 Å². The lowest BCUT2D eigenvalue weighted by Gasteiger charge is -2.71. The summed E-state index contributed by atoms with van der Waals surface area (Å²) in [5, 5.41) is 94.0. The maximum Gasteiger partial charge on any atom is 0.315 e. The summed E-state index contributed by atoms with van der Waals surface area (Å²) in [5.74, 6) is 0.178. The van der Waals surface area contributed by atoms with E-state index in [-0.39, 0.29) is 46.5 Å². The second kappa shape index (κ2) is 15.0. The first-order valence-electron chi connectivity index (χ1n) is 21.1. The number of carbonyl (C=O) groups is 1. The summed E-state index contributed by atoms with van der Waals surface area (Å²) in [4.78, 5) is 14.6. The highest BCUT2D eigenvalue weighted by Crippen LogP contribution is 2.76. The molecule has 14 nitrogen and oxygen atoms in total. The number of hydrogen-bond acceptors (Lipinski definition) is 14. The quantitative estimate of drug-likeness (QED) is 0.1000. The van der Waals surface area contributed by atoms with Crippen molar-refractivity contribution in [3.05, 3.63) is 11.6 Å². The van der Waals surface area contributed by atoms with Gasteiger partial charge in [-0.25, -0.2) is 0 Å². The van der Waals surface area contributed by atoms with Crippen LogP contribution in [0.2, 0.25) is 0 Å². The van der Waals surface area contributed by atoms with Gasteiger partial charge in [0.2, 0.25) is 6.29 Å². The normalized spacial score (nSPS) is 55.8. The molecule has 0 bridgehead atoms. The van der Waals surface area contributed by atoms with Crippen LogP contribution in [-0.4, -0.2) is 139 Å². The Morgan fingerprint density at radius 2 is 1.34 bits per heavy atom. The number of aliphatic hydroxyl groups is 9. The molecule has 2 heterocycles. The third kappa shape index (κ3) is 6.05. The molecule has 0 aromatic heterocycles. The Morgan fingerprint density at radius 3 is 1.95 bits per heavy atom. The molecule has 7 aliphatic rings. The third-order valence-electron chi connectivity index (χ3n) is 17.7. The van der Waals surface area contributed by atoms with Gasteiger partial charge >= 0.3 is 5.97 Å². The van der Waals surface area contributed by atoms with Crippen molar-refractivity contribution in [2.75, 3.05) is 19.8 Å². The summed E-state index contributed by atoms with van der Waals surface area (Å²) in [7, 11) is 0. The molecule has 0 aromatic carbocycles. The number of fused-ring (bicyclic) bond motifs is 7. The van der Waals surface area contributed by atoms with Crippen LogP contribution in [0.1, 0.15) is 99.3 Å². The van der Waals surface area contributed by atoms with Gasteiger partial charge in [0.25, 0.3) is 0 Å². The molecule has 56 heavy (non-hydrogen) atoms. The number of carbonyl (C=O) groups excluding carboxylic acids is 1. The Labute approximate surface area is 330 Å². The molecule has 0 spiro atoms. The van der Waals surface area contributed by atoms with Crippen LogP contribution in [0, 0.1) is 56.7 Å². The van der Waals surface area contributed by atoms with Crippen LogP contribution in [-0.2, 0) is 23.7 Å². The van der Waals surface area contributed by atoms with Crippen LogP contribution in [0.4, 0.5) is 0 Å². The van der Waals surface area contributed by atoms with E-state index in [1.807, 2.05) is 6.92 Å². The lowest BCUT2D eigenvalue weighted by molar-refractivity contribution is -0.333. The summed E-state index contributed by atoms with van der Waals surface area (Å²) in [5.41, 5.74) is -0.924. The topological polar surface area (TPSA) is 236 Å². The first kappa shape index (κ1) is 42.8. The van der Waals surface area contributed by atoms with Crippen molar-refractivity contribution in [1.29, 1.82) is 0 Å². The van der Waals surface area contributed by atoms with Gasteiger partial charge in [-0.05, 0) is 104 Å². The molecular weight excluding hydrogens is 728 g/mol. The van der Waals surface area contributed by atoms with Gasteiger partial charge in [0.05, 0.1) is 31.3 Å². The molecule has 7 rings (SSSR count). The van der Waals surface area contributed by atoms with E-state index in [0.717, 1.165) is 38.5 Å². The Morgan fingerprint density at radius 1 is 0.732 bits per heavy atom. The highest BCUT2D eigenvalue weighted by Gasteiger charge is 2.70.